The van der Waals surface area contributed by atoms with Crippen molar-refractivity contribution in [3.05, 3.63) is 70.4 Å². The Labute approximate surface area is 197 Å². The fourth-order valence-electron chi connectivity index (χ4n) is 3.85. The van der Waals surface area contributed by atoms with Gasteiger partial charge >= 0.3 is 0 Å². The van der Waals surface area contributed by atoms with E-state index in [1.165, 1.54) is 0 Å². The number of nitrogens with one attached hydrogen (secondary N) is 2. The number of imide groups is 1. The normalized spacial score (nSPS) is 18.4. The Morgan fingerprint density at radius 3 is 2.58 bits per heavy atom. The van der Waals surface area contributed by atoms with Gasteiger partial charge in [0.2, 0.25) is 0 Å². The molecule has 1 atom stereocenters. The predicted octanol–water partition coefficient (Wildman–Crippen LogP) is 4.15. The van der Waals surface area contributed by atoms with E-state index in [0.29, 0.717) is 29.4 Å². The Kier molecular flexibility index (Phi) is 6.81. The standard InChI is InChI=1S/C25H26ClN3O4/c1-15(2)16-8-10-19(11-9-16)29-24(31)21(26)22(25(29)32)28-18-6-3-5-17(13-18)23(30)27-14-20-7-4-12-33-20/h3,5-6,8-11,13,15,20,28H,4,7,12,14H2,1-2H3,(H,27,30). The van der Waals surface area contributed by atoms with E-state index in [1.807, 2.05) is 12.1 Å². The second kappa shape index (κ2) is 9.77. The van der Waals surface area contributed by atoms with E-state index < -0.39 is 11.8 Å². The van der Waals surface area contributed by atoms with Crippen molar-refractivity contribution in [3.8, 4) is 0 Å². The van der Waals surface area contributed by atoms with Crippen LogP contribution in [0.4, 0.5) is 11.4 Å². The lowest BCUT2D eigenvalue weighted by Crippen LogP contribution is -2.32. The van der Waals surface area contributed by atoms with E-state index in [-0.39, 0.29) is 22.7 Å². The van der Waals surface area contributed by atoms with E-state index in [2.05, 4.69) is 24.5 Å². The molecule has 2 aliphatic heterocycles. The van der Waals surface area contributed by atoms with Crippen molar-refractivity contribution in [1.82, 2.24) is 5.32 Å². The number of ether oxygens (including phenoxy) is 1. The number of amides is 3. The summed E-state index contributed by atoms with van der Waals surface area (Å²) in [4.78, 5) is 39.3. The van der Waals surface area contributed by atoms with Crippen molar-refractivity contribution in [3.63, 3.8) is 0 Å². The number of carbonyl (C=O) groups excluding carboxylic acids is 3. The largest absolute Gasteiger partial charge is 0.376 e. The van der Waals surface area contributed by atoms with Crippen LogP contribution in [-0.2, 0) is 14.3 Å². The number of rotatable bonds is 7. The molecular weight excluding hydrogens is 442 g/mol. The monoisotopic (exact) mass is 467 g/mol. The first-order chi connectivity index (χ1) is 15.8. The van der Waals surface area contributed by atoms with Gasteiger partial charge in [-0.15, -0.1) is 0 Å². The lowest BCUT2D eigenvalue weighted by Gasteiger charge is -2.16. The van der Waals surface area contributed by atoms with Gasteiger partial charge in [0.25, 0.3) is 17.7 Å². The van der Waals surface area contributed by atoms with Gasteiger partial charge in [0, 0.05) is 24.4 Å². The molecule has 2 aromatic carbocycles. The minimum atomic E-state index is -0.591. The predicted molar refractivity (Wildman–Crippen MR) is 127 cm³/mol. The molecule has 0 aliphatic carbocycles. The minimum absolute atomic E-state index is 0.0217. The molecule has 0 aromatic heterocycles. The molecule has 7 nitrogen and oxygen atoms in total. The highest BCUT2D eigenvalue weighted by molar-refractivity contribution is 6.53. The van der Waals surface area contributed by atoms with Gasteiger partial charge in [0.05, 0.1) is 11.8 Å². The molecular formula is C25H26ClN3O4. The number of carbonyl (C=O) groups is 3. The topological polar surface area (TPSA) is 87.7 Å². The van der Waals surface area contributed by atoms with Crippen LogP contribution in [0.25, 0.3) is 0 Å². The Balaban J connectivity index is 1.47. The first-order valence-corrected chi connectivity index (χ1v) is 11.4. The summed E-state index contributed by atoms with van der Waals surface area (Å²) in [6.45, 7) is 5.31. The van der Waals surface area contributed by atoms with E-state index in [1.54, 1.807) is 36.4 Å². The van der Waals surface area contributed by atoms with Gasteiger partial charge in [-0.05, 0) is 54.7 Å². The number of nitrogens with zero attached hydrogens (tertiary/aromatic N) is 1. The van der Waals surface area contributed by atoms with E-state index >= 15 is 0 Å². The Bertz CT molecular complexity index is 1100. The van der Waals surface area contributed by atoms with Gasteiger partial charge in [-0.25, -0.2) is 4.90 Å². The molecule has 4 rings (SSSR count). The van der Waals surface area contributed by atoms with Gasteiger partial charge in [-0.1, -0.05) is 43.6 Å². The molecule has 33 heavy (non-hydrogen) atoms. The molecule has 0 saturated carbocycles. The van der Waals surface area contributed by atoms with Crippen LogP contribution in [0.1, 0.15) is 48.5 Å². The maximum atomic E-state index is 13.0. The SMILES string of the molecule is CC(C)c1ccc(N2C(=O)C(Cl)=C(Nc3cccc(C(=O)NCC4CCCO4)c3)C2=O)cc1. The van der Waals surface area contributed by atoms with Gasteiger partial charge in [0.1, 0.15) is 10.7 Å². The number of anilines is 2. The van der Waals surface area contributed by atoms with Crippen LogP contribution in [0.15, 0.2) is 59.3 Å². The highest BCUT2D eigenvalue weighted by Gasteiger charge is 2.39. The van der Waals surface area contributed by atoms with Crippen molar-refractivity contribution < 1.29 is 19.1 Å². The first-order valence-electron chi connectivity index (χ1n) is 11.0. The average molecular weight is 468 g/mol. The molecule has 0 spiro atoms. The molecule has 3 amide bonds. The summed E-state index contributed by atoms with van der Waals surface area (Å²) in [5.41, 5.74) is 2.43. The molecule has 2 N–H and O–H groups in total. The molecule has 1 saturated heterocycles. The zero-order chi connectivity index (χ0) is 23.5. The van der Waals surface area contributed by atoms with Gasteiger partial charge in [-0.3, -0.25) is 14.4 Å². The van der Waals surface area contributed by atoms with Crippen LogP contribution >= 0.6 is 11.6 Å². The quantitative estimate of drug-likeness (QED) is 0.597. The summed E-state index contributed by atoms with van der Waals surface area (Å²) in [5.74, 6) is -1.05. The van der Waals surface area contributed by atoms with Crippen LogP contribution in [0.5, 0.6) is 0 Å². The van der Waals surface area contributed by atoms with Crippen molar-refractivity contribution in [1.29, 1.82) is 0 Å². The molecule has 2 aromatic rings. The number of hydrogen-bond donors (Lipinski definition) is 2. The molecule has 0 bridgehead atoms. The third-order valence-corrected chi connectivity index (χ3v) is 6.10. The number of halogens is 1. The van der Waals surface area contributed by atoms with Crippen LogP contribution in [0, 0.1) is 0 Å². The second-order valence-electron chi connectivity index (χ2n) is 8.43. The van der Waals surface area contributed by atoms with Gasteiger partial charge < -0.3 is 15.4 Å². The fourth-order valence-corrected chi connectivity index (χ4v) is 4.06. The van der Waals surface area contributed by atoms with Crippen LogP contribution in [0.3, 0.4) is 0 Å². The smallest absolute Gasteiger partial charge is 0.283 e. The molecule has 2 aliphatic rings. The molecule has 1 fully saturated rings. The Hall–Kier alpha value is -3.16. The molecule has 172 valence electrons. The summed E-state index contributed by atoms with van der Waals surface area (Å²) in [7, 11) is 0. The maximum Gasteiger partial charge on any atom is 0.283 e. The Morgan fingerprint density at radius 2 is 1.91 bits per heavy atom. The molecule has 2 heterocycles. The van der Waals surface area contributed by atoms with E-state index in [0.717, 1.165) is 29.9 Å². The molecule has 8 heteroatoms. The number of benzene rings is 2. The lowest BCUT2D eigenvalue weighted by molar-refractivity contribution is -0.120. The van der Waals surface area contributed by atoms with Crippen LogP contribution in [0.2, 0.25) is 0 Å². The zero-order valence-electron chi connectivity index (χ0n) is 18.6. The van der Waals surface area contributed by atoms with E-state index in [4.69, 9.17) is 16.3 Å². The summed E-state index contributed by atoms with van der Waals surface area (Å²) in [6, 6.07) is 13.9. The van der Waals surface area contributed by atoms with Crippen LogP contribution < -0.4 is 15.5 Å². The molecule has 1 unspecified atom stereocenters. The van der Waals surface area contributed by atoms with Crippen molar-refractivity contribution in [2.45, 2.75) is 38.7 Å². The van der Waals surface area contributed by atoms with Crippen LogP contribution in [-0.4, -0.2) is 37.0 Å². The third kappa shape index (κ3) is 4.94. The summed E-state index contributed by atoms with van der Waals surface area (Å²) in [5, 5.41) is 5.60. The first kappa shape index (κ1) is 23.0. The zero-order valence-corrected chi connectivity index (χ0v) is 19.3. The summed E-state index contributed by atoms with van der Waals surface area (Å²) >= 11 is 6.24. The Morgan fingerprint density at radius 1 is 1.15 bits per heavy atom. The lowest BCUT2D eigenvalue weighted by atomic mass is 10.0. The van der Waals surface area contributed by atoms with Gasteiger partial charge in [0.15, 0.2) is 0 Å². The highest BCUT2D eigenvalue weighted by Crippen LogP contribution is 2.31. The fraction of sp³-hybridized carbons (Fsp3) is 0.320. The van der Waals surface area contributed by atoms with Crippen molar-refractivity contribution in [2.75, 3.05) is 23.4 Å². The second-order valence-corrected chi connectivity index (χ2v) is 8.81. The summed E-state index contributed by atoms with van der Waals surface area (Å²) in [6.07, 6.45) is 1.98. The summed E-state index contributed by atoms with van der Waals surface area (Å²) < 4.78 is 5.53. The maximum absolute atomic E-state index is 13.0. The molecule has 0 radical (unpaired) electrons. The third-order valence-electron chi connectivity index (χ3n) is 5.75. The average Bonchev–Trinajstić information content (AvgIpc) is 3.41. The van der Waals surface area contributed by atoms with Gasteiger partial charge in [-0.2, -0.15) is 0 Å². The number of hydrogen-bond acceptors (Lipinski definition) is 5. The minimum Gasteiger partial charge on any atom is -0.376 e. The van der Waals surface area contributed by atoms with Crippen molar-refractivity contribution in [2.24, 2.45) is 0 Å². The highest BCUT2D eigenvalue weighted by atomic mass is 35.5. The van der Waals surface area contributed by atoms with E-state index in [9.17, 15) is 14.4 Å². The van der Waals surface area contributed by atoms with Crippen molar-refractivity contribution >= 4 is 40.7 Å².